The molecule has 98 valence electrons. The van der Waals surface area contributed by atoms with Gasteiger partial charge in [0.2, 0.25) is 0 Å². The molecule has 2 unspecified atom stereocenters. The standard InChI is InChI=1S/C15H18N4/c1-10-12(5-3-8-17-10)15(19-16)13-7-6-11-4-2-9-18-14(11)13/h2-5,8-9,13,15,19H,6-7,16H2,1H3. The Kier molecular flexibility index (Phi) is 3.27. The topological polar surface area (TPSA) is 63.8 Å². The maximum absolute atomic E-state index is 5.81. The van der Waals surface area contributed by atoms with Crippen molar-refractivity contribution in [2.45, 2.75) is 31.7 Å². The molecule has 1 aliphatic carbocycles. The van der Waals surface area contributed by atoms with Crippen LogP contribution in [0.2, 0.25) is 0 Å². The van der Waals surface area contributed by atoms with Crippen LogP contribution in [0.4, 0.5) is 0 Å². The van der Waals surface area contributed by atoms with Crippen molar-refractivity contribution < 1.29 is 0 Å². The average molecular weight is 254 g/mol. The molecule has 19 heavy (non-hydrogen) atoms. The zero-order valence-corrected chi connectivity index (χ0v) is 11.0. The van der Waals surface area contributed by atoms with Crippen molar-refractivity contribution in [3.63, 3.8) is 0 Å². The molecular formula is C15H18N4. The van der Waals surface area contributed by atoms with Crippen LogP contribution in [0.1, 0.15) is 40.9 Å². The van der Waals surface area contributed by atoms with Gasteiger partial charge < -0.3 is 0 Å². The van der Waals surface area contributed by atoms with Crippen molar-refractivity contribution in [2.75, 3.05) is 0 Å². The van der Waals surface area contributed by atoms with Crippen molar-refractivity contribution in [3.05, 3.63) is 59.2 Å². The van der Waals surface area contributed by atoms with E-state index in [9.17, 15) is 0 Å². The summed E-state index contributed by atoms with van der Waals surface area (Å²) in [7, 11) is 0. The third kappa shape index (κ3) is 2.13. The van der Waals surface area contributed by atoms with E-state index in [0.29, 0.717) is 5.92 Å². The molecule has 0 aromatic carbocycles. The number of nitrogens with two attached hydrogens (primary N) is 1. The number of fused-ring (bicyclic) bond motifs is 1. The SMILES string of the molecule is Cc1ncccc1C(NN)C1CCc2cccnc21. The number of hydrazine groups is 1. The largest absolute Gasteiger partial charge is 0.271 e. The molecular weight excluding hydrogens is 236 g/mol. The first-order valence-corrected chi connectivity index (χ1v) is 6.62. The van der Waals surface area contributed by atoms with Crippen molar-refractivity contribution in [2.24, 2.45) is 5.84 Å². The van der Waals surface area contributed by atoms with E-state index >= 15 is 0 Å². The van der Waals surface area contributed by atoms with E-state index in [0.717, 1.165) is 24.1 Å². The summed E-state index contributed by atoms with van der Waals surface area (Å²) >= 11 is 0. The molecule has 0 saturated carbocycles. The van der Waals surface area contributed by atoms with E-state index in [-0.39, 0.29) is 6.04 Å². The molecule has 3 rings (SSSR count). The molecule has 0 fully saturated rings. The zero-order valence-electron chi connectivity index (χ0n) is 11.0. The van der Waals surface area contributed by atoms with Gasteiger partial charge in [0.05, 0.1) is 6.04 Å². The van der Waals surface area contributed by atoms with Crippen LogP contribution in [-0.4, -0.2) is 9.97 Å². The predicted molar refractivity (Wildman–Crippen MR) is 74.3 cm³/mol. The monoisotopic (exact) mass is 254 g/mol. The number of hydrogen-bond donors (Lipinski definition) is 2. The van der Waals surface area contributed by atoms with E-state index in [4.69, 9.17) is 5.84 Å². The minimum Gasteiger partial charge on any atom is -0.271 e. The van der Waals surface area contributed by atoms with Gasteiger partial charge in [-0.15, -0.1) is 0 Å². The lowest BCUT2D eigenvalue weighted by Crippen LogP contribution is -2.32. The number of rotatable bonds is 3. The van der Waals surface area contributed by atoms with Crippen molar-refractivity contribution >= 4 is 0 Å². The first kappa shape index (κ1) is 12.3. The molecule has 3 N–H and O–H groups in total. The van der Waals surface area contributed by atoms with Crippen LogP contribution in [0.5, 0.6) is 0 Å². The van der Waals surface area contributed by atoms with Gasteiger partial charge in [0.25, 0.3) is 0 Å². The molecule has 0 bridgehead atoms. The van der Waals surface area contributed by atoms with Crippen LogP contribution in [0, 0.1) is 6.92 Å². The van der Waals surface area contributed by atoms with Gasteiger partial charge in [-0.3, -0.25) is 21.2 Å². The molecule has 2 aromatic rings. The highest BCUT2D eigenvalue weighted by Gasteiger charge is 2.32. The number of pyridine rings is 2. The van der Waals surface area contributed by atoms with Crippen LogP contribution < -0.4 is 11.3 Å². The average Bonchev–Trinajstić information content (AvgIpc) is 2.86. The lowest BCUT2D eigenvalue weighted by molar-refractivity contribution is 0.444. The molecule has 2 atom stereocenters. The number of hydrogen-bond acceptors (Lipinski definition) is 4. The summed E-state index contributed by atoms with van der Waals surface area (Å²) in [6, 6.07) is 8.28. The molecule has 0 radical (unpaired) electrons. The van der Waals surface area contributed by atoms with Gasteiger partial charge in [-0.1, -0.05) is 12.1 Å². The summed E-state index contributed by atoms with van der Waals surface area (Å²) in [4.78, 5) is 8.91. The van der Waals surface area contributed by atoms with Crippen molar-refractivity contribution in [1.29, 1.82) is 0 Å². The van der Waals surface area contributed by atoms with Crippen LogP contribution in [0.3, 0.4) is 0 Å². The summed E-state index contributed by atoms with van der Waals surface area (Å²) < 4.78 is 0. The Bertz CT molecular complexity index is 582. The minimum atomic E-state index is 0.0739. The van der Waals surface area contributed by atoms with Gasteiger partial charge in [-0.2, -0.15) is 0 Å². The van der Waals surface area contributed by atoms with Crippen LogP contribution in [-0.2, 0) is 6.42 Å². The molecule has 0 spiro atoms. The van der Waals surface area contributed by atoms with Gasteiger partial charge in [0.15, 0.2) is 0 Å². The van der Waals surface area contributed by atoms with E-state index in [1.165, 1.54) is 11.3 Å². The van der Waals surface area contributed by atoms with E-state index in [1.807, 2.05) is 31.5 Å². The normalized spacial score (nSPS) is 19.2. The Balaban J connectivity index is 1.99. The fourth-order valence-corrected chi connectivity index (χ4v) is 3.02. The lowest BCUT2D eigenvalue weighted by atomic mass is 9.90. The highest BCUT2D eigenvalue weighted by molar-refractivity contribution is 5.34. The Morgan fingerprint density at radius 1 is 1.26 bits per heavy atom. The Morgan fingerprint density at radius 3 is 2.84 bits per heavy atom. The summed E-state index contributed by atoms with van der Waals surface area (Å²) in [6.45, 7) is 2.02. The zero-order chi connectivity index (χ0) is 13.2. The molecule has 0 saturated heterocycles. The van der Waals surface area contributed by atoms with Gasteiger partial charge in [0.1, 0.15) is 0 Å². The number of nitrogens with one attached hydrogen (secondary N) is 1. The van der Waals surface area contributed by atoms with Gasteiger partial charge >= 0.3 is 0 Å². The molecule has 4 heteroatoms. The first-order valence-electron chi connectivity index (χ1n) is 6.62. The van der Waals surface area contributed by atoms with Crippen molar-refractivity contribution in [3.8, 4) is 0 Å². The van der Waals surface area contributed by atoms with Gasteiger partial charge in [-0.05, 0) is 43.0 Å². The van der Waals surface area contributed by atoms with Crippen molar-refractivity contribution in [1.82, 2.24) is 15.4 Å². The summed E-state index contributed by atoms with van der Waals surface area (Å²) in [5.41, 5.74) is 7.66. The second kappa shape index (κ2) is 5.07. The lowest BCUT2D eigenvalue weighted by Gasteiger charge is -2.24. The van der Waals surface area contributed by atoms with E-state index in [2.05, 4.69) is 27.5 Å². The fraction of sp³-hybridized carbons (Fsp3) is 0.333. The highest BCUT2D eigenvalue weighted by atomic mass is 15.2. The minimum absolute atomic E-state index is 0.0739. The fourth-order valence-electron chi connectivity index (χ4n) is 3.02. The van der Waals surface area contributed by atoms with E-state index < -0.39 is 0 Å². The Labute approximate surface area is 113 Å². The maximum atomic E-state index is 5.81. The summed E-state index contributed by atoms with van der Waals surface area (Å²) in [6.07, 6.45) is 5.83. The molecule has 0 aliphatic heterocycles. The smallest absolute Gasteiger partial charge is 0.0561 e. The van der Waals surface area contributed by atoms with Gasteiger partial charge in [0, 0.05) is 29.7 Å². The van der Waals surface area contributed by atoms with Crippen LogP contribution in [0.15, 0.2) is 36.7 Å². The second-order valence-electron chi connectivity index (χ2n) is 5.02. The molecule has 2 aromatic heterocycles. The molecule has 4 nitrogen and oxygen atoms in total. The second-order valence-corrected chi connectivity index (χ2v) is 5.02. The maximum Gasteiger partial charge on any atom is 0.0561 e. The predicted octanol–water partition coefficient (Wildman–Crippen LogP) is 2.02. The summed E-state index contributed by atoms with van der Waals surface area (Å²) in [5.74, 6) is 6.13. The Morgan fingerprint density at radius 2 is 2.05 bits per heavy atom. The third-order valence-electron chi connectivity index (χ3n) is 3.97. The van der Waals surface area contributed by atoms with E-state index in [1.54, 1.807) is 0 Å². The summed E-state index contributed by atoms with van der Waals surface area (Å²) in [5, 5.41) is 0. The third-order valence-corrected chi connectivity index (χ3v) is 3.97. The Hall–Kier alpha value is -1.78. The quantitative estimate of drug-likeness (QED) is 0.649. The number of nitrogens with zero attached hydrogens (tertiary/aromatic N) is 2. The molecule has 0 amide bonds. The number of aromatic nitrogens is 2. The van der Waals surface area contributed by atoms with Crippen LogP contribution in [0.25, 0.3) is 0 Å². The van der Waals surface area contributed by atoms with Crippen LogP contribution >= 0.6 is 0 Å². The highest BCUT2D eigenvalue weighted by Crippen LogP contribution is 2.40. The first-order chi connectivity index (χ1) is 9.31. The van der Waals surface area contributed by atoms with Gasteiger partial charge in [-0.25, -0.2) is 0 Å². The number of aryl methyl sites for hydroxylation is 2. The molecule has 1 aliphatic rings. The molecule has 2 heterocycles.